The van der Waals surface area contributed by atoms with Crippen molar-refractivity contribution in [3.8, 4) is 0 Å². The van der Waals surface area contributed by atoms with Gasteiger partial charge in [0.25, 0.3) is 0 Å². The van der Waals surface area contributed by atoms with E-state index in [1.807, 2.05) is 0 Å². The van der Waals surface area contributed by atoms with Gasteiger partial charge in [-0.15, -0.1) is 0 Å². The van der Waals surface area contributed by atoms with Crippen LogP contribution in [0.4, 0.5) is 5.69 Å². The third-order valence-electron chi connectivity index (χ3n) is 3.50. The average Bonchev–Trinajstić information content (AvgIpc) is 2.33. The molecule has 0 unspecified atom stereocenters. The first-order valence-corrected chi connectivity index (χ1v) is 8.63. The molecule has 0 bridgehead atoms. The number of hydrogen-bond acceptors (Lipinski definition) is 3. The van der Waals surface area contributed by atoms with Crippen LogP contribution in [0.1, 0.15) is 37.8 Å². The van der Waals surface area contributed by atoms with Crippen LogP contribution < -0.4 is 4.72 Å². The van der Waals surface area contributed by atoms with Crippen molar-refractivity contribution < 1.29 is 8.42 Å². The van der Waals surface area contributed by atoms with E-state index in [9.17, 15) is 8.42 Å². The van der Waals surface area contributed by atoms with E-state index in [-0.39, 0.29) is 11.7 Å². The maximum Gasteiger partial charge on any atom is 0.233 e. The summed E-state index contributed by atoms with van der Waals surface area (Å²) in [6, 6.07) is 3.25. The second-order valence-electron chi connectivity index (χ2n) is 5.15. The van der Waals surface area contributed by atoms with Gasteiger partial charge in [-0.3, -0.25) is 4.72 Å². The molecule has 106 valence electrons. The highest BCUT2D eigenvalue weighted by molar-refractivity contribution is 7.92. The van der Waals surface area contributed by atoms with Gasteiger partial charge in [0.05, 0.1) is 17.1 Å². The predicted molar refractivity (Wildman–Crippen MR) is 78.0 cm³/mol. The molecule has 0 saturated heterocycles. The lowest BCUT2D eigenvalue weighted by Gasteiger charge is -2.21. The first-order chi connectivity index (χ1) is 8.96. The summed E-state index contributed by atoms with van der Waals surface area (Å²) < 4.78 is 26.9. The Bertz CT molecular complexity index is 540. The molecule has 19 heavy (non-hydrogen) atoms. The Kier molecular flexibility index (Phi) is 4.68. The number of sulfonamides is 1. The summed E-state index contributed by atoms with van der Waals surface area (Å²) in [5.41, 5.74) is 1.11. The lowest BCUT2D eigenvalue weighted by atomic mass is 9.91. The van der Waals surface area contributed by atoms with Crippen LogP contribution >= 0.6 is 11.6 Å². The Balaban J connectivity index is 2.03. The number of halogens is 1. The summed E-state index contributed by atoms with van der Waals surface area (Å²) >= 11 is 5.76. The lowest BCUT2D eigenvalue weighted by molar-refractivity contribution is 0.385. The van der Waals surface area contributed by atoms with Crippen molar-refractivity contribution in [2.45, 2.75) is 39.0 Å². The van der Waals surface area contributed by atoms with E-state index in [1.54, 1.807) is 19.1 Å². The van der Waals surface area contributed by atoms with Crippen LogP contribution in [0.5, 0.6) is 0 Å². The second kappa shape index (κ2) is 6.09. The average molecular weight is 303 g/mol. The number of hydrogen-bond donors (Lipinski definition) is 1. The van der Waals surface area contributed by atoms with Crippen LogP contribution in [0.2, 0.25) is 5.15 Å². The molecule has 0 amide bonds. The summed E-state index contributed by atoms with van der Waals surface area (Å²) in [7, 11) is -3.30. The van der Waals surface area contributed by atoms with Crippen molar-refractivity contribution in [2.24, 2.45) is 5.92 Å². The number of aryl methyl sites for hydroxylation is 1. The highest BCUT2D eigenvalue weighted by atomic mass is 35.5. The van der Waals surface area contributed by atoms with E-state index >= 15 is 0 Å². The Labute approximate surface area is 119 Å². The van der Waals surface area contributed by atoms with Gasteiger partial charge in [0.1, 0.15) is 5.15 Å². The van der Waals surface area contributed by atoms with Gasteiger partial charge in [0.15, 0.2) is 0 Å². The van der Waals surface area contributed by atoms with Gasteiger partial charge in [0.2, 0.25) is 10.0 Å². The lowest BCUT2D eigenvalue weighted by Crippen LogP contribution is -2.24. The van der Waals surface area contributed by atoms with E-state index < -0.39 is 10.0 Å². The van der Waals surface area contributed by atoms with Crippen molar-refractivity contribution in [2.75, 3.05) is 10.5 Å². The SMILES string of the molecule is Cc1nc(Cl)ccc1NS(=O)(=O)CC1CCCCC1. The standard InChI is InChI=1S/C13H19ClN2O2S/c1-10-12(7-8-13(14)15-10)16-19(17,18)9-11-5-3-2-4-6-11/h7-8,11,16H,2-6,9H2,1H3. The third kappa shape index (κ3) is 4.35. The number of anilines is 1. The normalized spacial score (nSPS) is 17.4. The number of nitrogens with zero attached hydrogens (tertiary/aromatic N) is 1. The van der Waals surface area contributed by atoms with Crippen molar-refractivity contribution in [1.82, 2.24) is 4.98 Å². The zero-order valence-corrected chi connectivity index (χ0v) is 12.6. The van der Waals surface area contributed by atoms with Gasteiger partial charge < -0.3 is 0 Å². The van der Waals surface area contributed by atoms with Crippen LogP contribution in [0.15, 0.2) is 12.1 Å². The van der Waals surface area contributed by atoms with Gasteiger partial charge >= 0.3 is 0 Å². The van der Waals surface area contributed by atoms with E-state index in [1.165, 1.54) is 6.42 Å². The van der Waals surface area contributed by atoms with Crippen LogP contribution in [0.25, 0.3) is 0 Å². The highest BCUT2D eigenvalue weighted by Crippen LogP contribution is 2.26. The fraction of sp³-hybridized carbons (Fsp3) is 0.615. The largest absolute Gasteiger partial charge is 0.282 e. The number of aromatic nitrogens is 1. The Morgan fingerprint density at radius 1 is 1.32 bits per heavy atom. The molecule has 1 aliphatic rings. The monoisotopic (exact) mass is 302 g/mol. The quantitative estimate of drug-likeness (QED) is 0.868. The predicted octanol–water partition coefficient (Wildman–Crippen LogP) is 3.37. The van der Waals surface area contributed by atoms with Gasteiger partial charge in [-0.25, -0.2) is 13.4 Å². The van der Waals surface area contributed by atoms with E-state index in [0.717, 1.165) is 25.7 Å². The van der Waals surface area contributed by atoms with Crippen LogP contribution in [-0.2, 0) is 10.0 Å². The minimum Gasteiger partial charge on any atom is -0.282 e. The van der Waals surface area contributed by atoms with E-state index in [2.05, 4.69) is 9.71 Å². The second-order valence-corrected chi connectivity index (χ2v) is 7.31. The summed E-state index contributed by atoms with van der Waals surface area (Å²) in [6.07, 6.45) is 5.53. The van der Waals surface area contributed by atoms with Crippen molar-refractivity contribution >= 4 is 27.3 Å². The van der Waals surface area contributed by atoms with E-state index in [0.29, 0.717) is 16.5 Å². The minimum absolute atomic E-state index is 0.203. The molecule has 1 aliphatic carbocycles. The molecule has 4 nitrogen and oxygen atoms in total. The summed E-state index contributed by atoms with van der Waals surface area (Å²) in [4.78, 5) is 4.04. The maximum absolute atomic E-state index is 12.1. The first-order valence-electron chi connectivity index (χ1n) is 6.60. The molecule has 0 spiro atoms. The topological polar surface area (TPSA) is 59.1 Å². The zero-order valence-electron chi connectivity index (χ0n) is 11.0. The van der Waals surface area contributed by atoms with Crippen LogP contribution in [-0.4, -0.2) is 19.2 Å². The Hall–Kier alpha value is -0.810. The maximum atomic E-state index is 12.1. The van der Waals surface area contributed by atoms with Crippen molar-refractivity contribution in [3.05, 3.63) is 23.0 Å². The molecular weight excluding hydrogens is 284 g/mol. The molecule has 1 heterocycles. The third-order valence-corrected chi connectivity index (χ3v) is 5.15. The summed E-state index contributed by atoms with van der Waals surface area (Å²) in [5, 5.41) is 0.368. The molecule has 1 saturated carbocycles. The van der Waals surface area contributed by atoms with Crippen LogP contribution in [0.3, 0.4) is 0 Å². The van der Waals surface area contributed by atoms with Crippen molar-refractivity contribution in [3.63, 3.8) is 0 Å². The first kappa shape index (κ1) is 14.6. The molecule has 2 rings (SSSR count). The summed E-state index contributed by atoms with van der Waals surface area (Å²) in [6.45, 7) is 1.74. The molecule has 1 N–H and O–H groups in total. The van der Waals surface area contributed by atoms with Crippen LogP contribution in [0, 0.1) is 12.8 Å². The molecule has 1 fully saturated rings. The molecule has 0 atom stereocenters. The fourth-order valence-corrected chi connectivity index (χ4v) is 4.29. The molecule has 1 aromatic rings. The molecule has 1 aromatic heterocycles. The van der Waals surface area contributed by atoms with E-state index in [4.69, 9.17) is 11.6 Å². The minimum atomic E-state index is -3.30. The highest BCUT2D eigenvalue weighted by Gasteiger charge is 2.21. The smallest absolute Gasteiger partial charge is 0.233 e. The number of pyridine rings is 1. The molecule has 0 aliphatic heterocycles. The van der Waals surface area contributed by atoms with Gasteiger partial charge in [-0.05, 0) is 37.8 Å². The molecule has 0 radical (unpaired) electrons. The molecule has 6 heteroatoms. The molecule has 0 aromatic carbocycles. The van der Waals surface area contributed by atoms with Gasteiger partial charge in [0, 0.05) is 0 Å². The van der Waals surface area contributed by atoms with Crippen molar-refractivity contribution in [1.29, 1.82) is 0 Å². The Morgan fingerprint density at radius 2 is 2.00 bits per heavy atom. The fourth-order valence-electron chi connectivity index (χ4n) is 2.51. The van der Waals surface area contributed by atoms with Gasteiger partial charge in [-0.2, -0.15) is 0 Å². The summed E-state index contributed by atoms with van der Waals surface area (Å²) in [5.74, 6) is 0.488. The molecular formula is C13H19ClN2O2S. The Morgan fingerprint density at radius 3 is 2.63 bits per heavy atom. The number of nitrogens with one attached hydrogen (secondary N) is 1. The number of rotatable bonds is 4. The van der Waals surface area contributed by atoms with Gasteiger partial charge in [-0.1, -0.05) is 30.9 Å². The zero-order chi connectivity index (χ0) is 13.9.